The third kappa shape index (κ3) is 4.94. The molecular formula is C12H25NO3S. The monoisotopic (exact) mass is 263 g/mol. The lowest BCUT2D eigenvalue weighted by molar-refractivity contribution is 0.0190. The maximum Gasteiger partial charge on any atom is 0.211 e. The van der Waals surface area contributed by atoms with Crippen LogP contribution in [0.3, 0.4) is 0 Å². The second-order valence-corrected chi connectivity index (χ2v) is 7.62. The highest BCUT2D eigenvalue weighted by Crippen LogP contribution is 2.25. The first-order valence-corrected chi connectivity index (χ1v) is 8.08. The molecule has 0 bridgehead atoms. The summed E-state index contributed by atoms with van der Waals surface area (Å²) in [6.45, 7) is 5.52. The molecule has 5 heteroatoms. The van der Waals surface area contributed by atoms with Crippen molar-refractivity contribution in [3.05, 3.63) is 0 Å². The fourth-order valence-electron chi connectivity index (χ4n) is 2.01. The number of hydrogen-bond donors (Lipinski definition) is 2. The van der Waals surface area contributed by atoms with Gasteiger partial charge in [-0.25, -0.2) is 13.1 Å². The zero-order valence-electron chi connectivity index (χ0n) is 11.1. The minimum Gasteiger partial charge on any atom is -0.389 e. The van der Waals surface area contributed by atoms with Crippen LogP contribution in [-0.4, -0.2) is 31.4 Å². The first-order chi connectivity index (χ1) is 7.73. The Labute approximate surface area is 105 Å². The molecule has 0 aromatic rings. The predicted molar refractivity (Wildman–Crippen MR) is 69.2 cm³/mol. The Hall–Kier alpha value is -0.130. The van der Waals surface area contributed by atoms with E-state index in [9.17, 15) is 13.5 Å². The van der Waals surface area contributed by atoms with Crippen LogP contribution in [0.2, 0.25) is 0 Å². The Morgan fingerprint density at radius 3 is 2.35 bits per heavy atom. The van der Waals surface area contributed by atoms with Crippen molar-refractivity contribution in [3.63, 3.8) is 0 Å². The number of rotatable bonds is 6. The van der Waals surface area contributed by atoms with Gasteiger partial charge in [0.1, 0.15) is 0 Å². The largest absolute Gasteiger partial charge is 0.389 e. The highest BCUT2D eigenvalue weighted by molar-refractivity contribution is 7.89. The van der Waals surface area contributed by atoms with E-state index >= 15 is 0 Å². The summed E-state index contributed by atoms with van der Waals surface area (Å²) in [6.07, 6.45) is 4.32. The van der Waals surface area contributed by atoms with Crippen LogP contribution in [0.25, 0.3) is 0 Å². The van der Waals surface area contributed by atoms with Gasteiger partial charge in [-0.15, -0.1) is 0 Å². The molecule has 1 unspecified atom stereocenters. The third-order valence-corrected chi connectivity index (χ3v) is 5.32. The van der Waals surface area contributed by atoms with Crippen molar-refractivity contribution in [2.24, 2.45) is 11.8 Å². The number of sulfonamides is 1. The third-order valence-electron chi connectivity index (χ3n) is 3.82. The van der Waals surface area contributed by atoms with E-state index < -0.39 is 15.6 Å². The van der Waals surface area contributed by atoms with Crippen molar-refractivity contribution in [2.75, 3.05) is 12.3 Å². The molecule has 0 heterocycles. The average molecular weight is 263 g/mol. The maximum atomic E-state index is 11.8. The van der Waals surface area contributed by atoms with Gasteiger partial charge < -0.3 is 5.11 Å². The Balaban J connectivity index is 2.44. The molecule has 17 heavy (non-hydrogen) atoms. The van der Waals surface area contributed by atoms with E-state index in [0.717, 1.165) is 25.7 Å². The normalized spacial score (nSPS) is 21.9. The lowest BCUT2D eigenvalue weighted by Gasteiger charge is -2.28. The summed E-state index contributed by atoms with van der Waals surface area (Å²) in [6, 6.07) is 0. The van der Waals surface area contributed by atoms with Crippen LogP contribution in [-0.2, 0) is 10.0 Å². The molecule has 1 rings (SSSR count). The molecule has 0 amide bonds. The second kappa shape index (κ2) is 5.67. The van der Waals surface area contributed by atoms with Gasteiger partial charge in [-0.05, 0) is 31.6 Å². The zero-order chi connectivity index (χ0) is 13.1. The standard InChI is InChI=1S/C12H25NO3S/c1-10(2)12(3,14)9-13-17(15,16)8-11-6-4-5-7-11/h10-11,13-14H,4-9H2,1-3H3. The lowest BCUT2D eigenvalue weighted by Crippen LogP contribution is -2.45. The van der Waals surface area contributed by atoms with Gasteiger partial charge in [-0.3, -0.25) is 0 Å². The van der Waals surface area contributed by atoms with Gasteiger partial charge in [-0.1, -0.05) is 26.7 Å². The summed E-state index contributed by atoms with van der Waals surface area (Å²) in [7, 11) is -3.24. The smallest absolute Gasteiger partial charge is 0.211 e. The van der Waals surface area contributed by atoms with Gasteiger partial charge in [-0.2, -0.15) is 0 Å². The van der Waals surface area contributed by atoms with Crippen LogP contribution in [0.1, 0.15) is 46.5 Å². The Kier molecular flexibility index (Phi) is 4.98. The molecule has 0 aliphatic heterocycles. The fraction of sp³-hybridized carbons (Fsp3) is 1.00. The van der Waals surface area contributed by atoms with Gasteiger partial charge in [0.25, 0.3) is 0 Å². The van der Waals surface area contributed by atoms with Gasteiger partial charge in [0, 0.05) is 6.54 Å². The number of aliphatic hydroxyl groups is 1. The van der Waals surface area contributed by atoms with Gasteiger partial charge >= 0.3 is 0 Å². The van der Waals surface area contributed by atoms with Crippen molar-refractivity contribution in [1.29, 1.82) is 0 Å². The maximum absolute atomic E-state index is 11.8. The van der Waals surface area contributed by atoms with Gasteiger partial charge in [0.05, 0.1) is 11.4 Å². The van der Waals surface area contributed by atoms with Crippen molar-refractivity contribution in [2.45, 2.75) is 52.1 Å². The quantitative estimate of drug-likeness (QED) is 0.763. The molecule has 0 spiro atoms. The molecule has 1 aliphatic rings. The molecule has 1 aliphatic carbocycles. The van der Waals surface area contributed by atoms with Gasteiger partial charge in [0.2, 0.25) is 10.0 Å². The van der Waals surface area contributed by atoms with E-state index in [0.29, 0.717) is 5.92 Å². The molecule has 4 nitrogen and oxygen atoms in total. The lowest BCUT2D eigenvalue weighted by atomic mass is 9.93. The van der Waals surface area contributed by atoms with Crippen LogP contribution < -0.4 is 4.72 Å². The Bertz CT molecular complexity index is 330. The van der Waals surface area contributed by atoms with Crippen LogP contribution in [0.4, 0.5) is 0 Å². The van der Waals surface area contributed by atoms with Crippen molar-refractivity contribution >= 4 is 10.0 Å². The first-order valence-electron chi connectivity index (χ1n) is 6.42. The van der Waals surface area contributed by atoms with Crippen molar-refractivity contribution in [3.8, 4) is 0 Å². The SMILES string of the molecule is CC(C)C(C)(O)CNS(=O)(=O)CC1CCCC1. The summed E-state index contributed by atoms with van der Waals surface area (Å²) in [5.41, 5.74) is -0.983. The Morgan fingerprint density at radius 1 is 1.35 bits per heavy atom. The van der Waals surface area contributed by atoms with Crippen LogP contribution in [0.5, 0.6) is 0 Å². The highest BCUT2D eigenvalue weighted by Gasteiger charge is 2.28. The van der Waals surface area contributed by atoms with E-state index in [-0.39, 0.29) is 18.2 Å². The Morgan fingerprint density at radius 2 is 1.88 bits per heavy atom. The van der Waals surface area contributed by atoms with Crippen LogP contribution in [0.15, 0.2) is 0 Å². The topological polar surface area (TPSA) is 66.4 Å². The van der Waals surface area contributed by atoms with E-state index in [1.54, 1.807) is 6.92 Å². The molecule has 0 saturated heterocycles. The summed E-state index contributed by atoms with van der Waals surface area (Å²) >= 11 is 0. The summed E-state index contributed by atoms with van der Waals surface area (Å²) < 4.78 is 26.2. The average Bonchev–Trinajstić information content (AvgIpc) is 2.67. The van der Waals surface area contributed by atoms with Crippen molar-refractivity contribution < 1.29 is 13.5 Å². The molecular weight excluding hydrogens is 238 g/mol. The summed E-state index contributed by atoms with van der Waals surface area (Å²) in [4.78, 5) is 0. The zero-order valence-corrected chi connectivity index (χ0v) is 11.9. The highest BCUT2D eigenvalue weighted by atomic mass is 32.2. The van der Waals surface area contributed by atoms with Crippen LogP contribution >= 0.6 is 0 Å². The molecule has 2 N–H and O–H groups in total. The van der Waals surface area contributed by atoms with E-state index in [4.69, 9.17) is 0 Å². The molecule has 0 aromatic carbocycles. The van der Waals surface area contributed by atoms with Crippen molar-refractivity contribution in [1.82, 2.24) is 4.72 Å². The molecule has 1 fully saturated rings. The minimum atomic E-state index is -3.24. The second-order valence-electron chi connectivity index (χ2n) is 5.76. The number of nitrogens with one attached hydrogen (secondary N) is 1. The first kappa shape index (κ1) is 14.9. The van der Waals surface area contributed by atoms with E-state index in [1.165, 1.54) is 0 Å². The number of hydrogen-bond acceptors (Lipinski definition) is 3. The molecule has 0 radical (unpaired) electrons. The summed E-state index contributed by atoms with van der Waals surface area (Å²) in [5, 5.41) is 9.99. The summed E-state index contributed by atoms with van der Waals surface area (Å²) in [5.74, 6) is 0.537. The van der Waals surface area contributed by atoms with Crippen LogP contribution in [0, 0.1) is 11.8 Å². The fourth-order valence-corrected chi connectivity index (χ4v) is 3.59. The predicted octanol–water partition coefficient (Wildman–Crippen LogP) is 1.50. The molecule has 0 aromatic heterocycles. The van der Waals surface area contributed by atoms with E-state index in [1.807, 2.05) is 13.8 Å². The van der Waals surface area contributed by atoms with Gasteiger partial charge in [0.15, 0.2) is 0 Å². The molecule has 1 atom stereocenters. The molecule has 1 saturated carbocycles. The van der Waals surface area contributed by atoms with E-state index in [2.05, 4.69) is 4.72 Å². The molecule has 102 valence electrons. The minimum absolute atomic E-state index is 0.0247.